The van der Waals surface area contributed by atoms with Gasteiger partial charge in [-0.1, -0.05) is 31.2 Å². The summed E-state index contributed by atoms with van der Waals surface area (Å²) in [6, 6.07) is 7.88. The molecule has 1 aliphatic rings. The molecule has 1 aromatic carbocycles. The number of rotatable bonds is 5. The van der Waals surface area contributed by atoms with E-state index in [9.17, 15) is 4.79 Å². The molecule has 0 radical (unpaired) electrons. The van der Waals surface area contributed by atoms with Crippen LogP contribution in [-0.2, 0) is 17.9 Å². The zero-order valence-corrected chi connectivity index (χ0v) is 13.1. The molecular formula is C17H27N3O. The van der Waals surface area contributed by atoms with Crippen molar-refractivity contribution < 1.29 is 4.79 Å². The minimum absolute atomic E-state index is 0.100. The first kappa shape index (κ1) is 16.0. The number of likely N-dealkylation sites (tertiary alicyclic amines) is 1. The van der Waals surface area contributed by atoms with Gasteiger partial charge in [0.15, 0.2) is 0 Å². The second-order valence-corrected chi connectivity index (χ2v) is 6.23. The summed E-state index contributed by atoms with van der Waals surface area (Å²) < 4.78 is 0. The molecule has 2 rings (SSSR count). The van der Waals surface area contributed by atoms with Gasteiger partial charge in [-0.25, -0.2) is 0 Å². The monoisotopic (exact) mass is 289 g/mol. The van der Waals surface area contributed by atoms with E-state index >= 15 is 0 Å². The first-order chi connectivity index (χ1) is 10.1. The predicted molar refractivity (Wildman–Crippen MR) is 85.6 cm³/mol. The minimum Gasteiger partial charge on any atom is -0.351 e. The van der Waals surface area contributed by atoms with Crippen molar-refractivity contribution in [3.63, 3.8) is 0 Å². The zero-order valence-electron chi connectivity index (χ0n) is 13.1. The number of hydrogen-bond acceptors (Lipinski definition) is 3. The van der Waals surface area contributed by atoms with Crippen LogP contribution in [0, 0.1) is 5.92 Å². The molecule has 0 aliphatic carbocycles. The molecule has 1 fully saturated rings. The fraction of sp³-hybridized carbons (Fsp3) is 0.588. The number of carbonyl (C=O) groups is 1. The van der Waals surface area contributed by atoms with E-state index in [-0.39, 0.29) is 5.91 Å². The topological polar surface area (TPSA) is 58.4 Å². The average molecular weight is 289 g/mol. The van der Waals surface area contributed by atoms with Gasteiger partial charge in [-0.2, -0.15) is 0 Å². The average Bonchev–Trinajstić information content (AvgIpc) is 2.48. The van der Waals surface area contributed by atoms with Gasteiger partial charge >= 0.3 is 0 Å². The Labute approximate surface area is 127 Å². The van der Waals surface area contributed by atoms with Crippen molar-refractivity contribution in [1.29, 1.82) is 0 Å². The summed E-state index contributed by atoms with van der Waals surface area (Å²) in [6.07, 6.45) is 2.56. The summed E-state index contributed by atoms with van der Waals surface area (Å²) in [4.78, 5) is 14.1. The van der Waals surface area contributed by atoms with Crippen molar-refractivity contribution in [3.05, 3.63) is 35.4 Å². The lowest BCUT2D eigenvalue weighted by Gasteiger charge is -2.30. The van der Waals surface area contributed by atoms with Crippen LogP contribution in [0.25, 0.3) is 0 Å². The normalized spacial score (nSPS) is 18.4. The molecule has 0 aromatic heterocycles. The fourth-order valence-electron chi connectivity index (χ4n) is 2.69. The summed E-state index contributed by atoms with van der Waals surface area (Å²) in [5, 5.41) is 2.90. The number of amides is 1. The lowest BCUT2D eigenvalue weighted by molar-refractivity contribution is -0.122. The second kappa shape index (κ2) is 7.57. The fourth-order valence-corrected chi connectivity index (χ4v) is 2.69. The summed E-state index contributed by atoms with van der Waals surface area (Å²) in [5.41, 5.74) is 8.07. The van der Waals surface area contributed by atoms with E-state index in [0.29, 0.717) is 6.54 Å². The Kier molecular flexibility index (Phi) is 5.76. The van der Waals surface area contributed by atoms with E-state index in [1.165, 1.54) is 37.1 Å². The van der Waals surface area contributed by atoms with Crippen LogP contribution in [0.4, 0.5) is 0 Å². The van der Waals surface area contributed by atoms with Gasteiger partial charge in [-0.05, 0) is 49.9 Å². The number of benzene rings is 1. The van der Waals surface area contributed by atoms with E-state index in [1.54, 1.807) is 6.92 Å². The number of carbonyl (C=O) groups excluding carboxylic acids is 1. The highest BCUT2D eigenvalue weighted by Gasteiger charge is 2.17. The van der Waals surface area contributed by atoms with Crippen LogP contribution in [0.3, 0.4) is 0 Å². The van der Waals surface area contributed by atoms with Crippen molar-refractivity contribution >= 4 is 5.91 Å². The van der Waals surface area contributed by atoms with Gasteiger partial charge in [-0.15, -0.1) is 0 Å². The molecule has 1 amide bonds. The number of nitrogens with one attached hydrogen (secondary N) is 1. The van der Waals surface area contributed by atoms with Crippen LogP contribution in [0.1, 0.15) is 37.8 Å². The molecule has 4 heteroatoms. The third-order valence-electron chi connectivity index (χ3n) is 4.26. The SMILES string of the molecule is CC1CCN(Cc2ccccc2CNC(=O)C(C)N)CC1. The third-order valence-corrected chi connectivity index (χ3v) is 4.26. The quantitative estimate of drug-likeness (QED) is 0.870. The van der Waals surface area contributed by atoms with E-state index in [1.807, 2.05) is 6.07 Å². The van der Waals surface area contributed by atoms with Crippen LogP contribution in [0.15, 0.2) is 24.3 Å². The smallest absolute Gasteiger partial charge is 0.236 e. The van der Waals surface area contributed by atoms with E-state index in [0.717, 1.165) is 12.5 Å². The molecule has 1 aliphatic heterocycles. The van der Waals surface area contributed by atoms with Crippen LogP contribution in [0.5, 0.6) is 0 Å². The highest BCUT2D eigenvalue weighted by Crippen LogP contribution is 2.19. The lowest BCUT2D eigenvalue weighted by atomic mass is 9.98. The van der Waals surface area contributed by atoms with Crippen LogP contribution in [-0.4, -0.2) is 29.9 Å². The summed E-state index contributed by atoms with van der Waals surface area (Å²) in [6.45, 7) is 7.89. The number of piperidine rings is 1. The van der Waals surface area contributed by atoms with E-state index in [4.69, 9.17) is 5.73 Å². The molecule has 0 bridgehead atoms. The molecule has 1 aromatic rings. The van der Waals surface area contributed by atoms with Crippen molar-refractivity contribution in [2.24, 2.45) is 11.7 Å². The van der Waals surface area contributed by atoms with Crippen molar-refractivity contribution in [2.45, 2.75) is 45.8 Å². The highest BCUT2D eigenvalue weighted by atomic mass is 16.2. The van der Waals surface area contributed by atoms with E-state index < -0.39 is 6.04 Å². The van der Waals surface area contributed by atoms with Gasteiger partial charge in [0.2, 0.25) is 5.91 Å². The van der Waals surface area contributed by atoms with Gasteiger partial charge in [0.1, 0.15) is 0 Å². The second-order valence-electron chi connectivity index (χ2n) is 6.23. The Balaban J connectivity index is 1.95. The van der Waals surface area contributed by atoms with Crippen molar-refractivity contribution in [3.8, 4) is 0 Å². The maximum Gasteiger partial charge on any atom is 0.236 e. The Morgan fingerprint density at radius 3 is 2.57 bits per heavy atom. The third kappa shape index (κ3) is 4.83. The van der Waals surface area contributed by atoms with Gasteiger partial charge in [0.25, 0.3) is 0 Å². The number of nitrogens with two attached hydrogens (primary N) is 1. The largest absolute Gasteiger partial charge is 0.351 e. The van der Waals surface area contributed by atoms with Crippen molar-refractivity contribution in [1.82, 2.24) is 10.2 Å². The molecule has 1 unspecified atom stereocenters. The van der Waals surface area contributed by atoms with E-state index in [2.05, 4.69) is 35.3 Å². The maximum atomic E-state index is 11.6. The van der Waals surface area contributed by atoms with Crippen LogP contribution in [0.2, 0.25) is 0 Å². The molecule has 0 spiro atoms. The molecule has 116 valence electrons. The molecule has 21 heavy (non-hydrogen) atoms. The van der Waals surface area contributed by atoms with Gasteiger partial charge in [0, 0.05) is 13.1 Å². The standard InChI is InChI=1S/C17H27N3O/c1-13-7-9-20(10-8-13)12-16-6-4-3-5-15(16)11-19-17(21)14(2)18/h3-6,13-14H,7-12,18H2,1-2H3,(H,19,21). The van der Waals surface area contributed by atoms with Gasteiger partial charge < -0.3 is 11.1 Å². The molecule has 1 saturated heterocycles. The highest BCUT2D eigenvalue weighted by molar-refractivity contribution is 5.80. The minimum atomic E-state index is -0.458. The summed E-state index contributed by atoms with van der Waals surface area (Å²) in [5.74, 6) is 0.749. The molecule has 3 N–H and O–H groups in total. The molecule has 1 heterocycles. The zero-order chi connectivity index (χ0) is 15.2. The summed E-state index contributed by atoms with van der Waals surface area (Å²) in [7, 11) is 0. The van der Waals surface area contributed by atoms with Gasteiger partial charge in [-0.3, -0.25) is 9.69 Å². The van der Waals surface area contributed by atoms with Crippen LogP contribution >= 0.6 is 0 Å². The Morgan fingerprint density at radius 1 is 1.33 bits per heavy atom. The molecule has 4 nitrogen and oxygen atoms in total. The molecule has 1 atom stereocenters. The Morgan fingerprint density at radius 2 is 1.95 bits per heavy atom. The molecule has 0 saturated carbocycles. The van der Waals surface area contributed by atoms with Crippen molar-refractivity contribution in [2.75, 3.05) is 13.1 Å². The predicted octanol–water partition coefficient (Wildman–Crippen LogP) is 1.88. The maximum absolute atomic E-state index is 11.6. The Bertz CT molecular complexity index is 465. The first-order valence-corrected chi connectivity index (χ1v) is 7.88. The number of hydrogen-bond donors (Lipinski definition) is 2. The Hall–Kier alpha value is -1.39. The summed E-state index contributed by atoms with van der Waals surface area (Å²) >= 11 is 0. The van der Waals surface area contributed by atoms with Crippen LogP contribution < -0.4 is 11.1 Å². The number of nitrogens with zero attached hydrogens (tertiary/aromatic N) is 1. The van der Waals surface area contributed by atoms with Gasteiger partial charge in [0.05, 0.1) is 6.04 Å². The lowest BCUT2D eigenvalue weighted by Crippen LogP contribution is -2.38. The molecular weight excluding hydrogens is 262 g/mol. The first-order valence-electron chi connectivity index (χ1n) is 7.88.